The lowest BCUT2D eigenvalue weighted by Gasteiger charge is -2.35. The maximum Gasteiger partial charge on any atom is 0.186 e. The minimum Gasteiger partial charge on any atom is -0.338 e. The summed E-state index contributed by atoms with van der Waals surface area (Å²) in [4.78, 5) is 7.72. The van der Waals surface area contributed by atoms with Crippen molar-refractivity contribution in [2.75, 3.05) is 0 Å². The molecule has 0 spiro atoms. The van der Waals surface area contributed by atoms with Gasteiger partial charge in [-0.05, 0) is 47.3 Å². The van der Waals surface area contributed by atoms with Gasteiger partial charge in [0.25, 0.3) is 0 Å². The van der Waals surface area contributed by atoms with Gasteiger partial charge in [-0.15, -0.1) is 10.2 Å². The van der Waals surface area contributed by atoms with E-state index in [0.717, 1.165) is 46.7 Å². The quantitative estimate of drug-likeness (QED) is 0.753. The molecule has 0 unspecified atom stereocenters. The summed E-state index contributed by atoms with van der Waals surface area (Å²) < 4.78 is 2.89. The van der Waals surface area contributed by atoms with Gasteiger partial charge >= 0.3 is 0 Å². The summed E-state index contributed by atoms with van der Waals surface area (Å²) in [6, 6.07) is 3.85. The van der Waals surface area contributed by atoms with Gasteiger partial charge in [0, 0.05) is 10.7 Å². The van der Waals surface area contributed by atoms with Crippen molar-refractivity contribution in [1.82, 2.24) is 24.6 Å². The van der Waals surface area contributed by atoms with Crippen LogP contribution in [0.4, 0.5) is 0 Å². The number of nitrogens with one attached hydrogen (secondary N) is 1. The van der Waals surface area contributed by atoms with E-state index in [2.05, 4.69) is 36.1 Å². The zero-order chi connectivity index (χ0) is 13.7. The number of imidazole rings is 1. The third-order valence-electron chi connectivity index (χ3n) is 3.90. The van der Waals surface area contributed by atoms with E-state index in [1.54, 1.807) is 6.20 Å². The van der Waals surface area contributed by atoms with Crippen molar-refractivity contribution in [2.45, 2.75) is 24.8 Å². The monoisotopic (exact) mass is 332 g/mol. The minimum absolute atomic E-state index is 0.292. The molecule has 4 rings (SSSR count). The molecular weight excluding hydrogens is 320 g/mol. The Labute approximate surface area is 123 Å². The first-order chi connectivity index (χ1) is 9.66. The van der Waals surface area contributed by atoms with E-state index in [0.29, 0.717) is 0 Å². The van der Waals surface area contributed by atoms with Crippen LogP contribution in [0, 0.1) is 0 Å². The molecule has 3 heterocycles. The van der Waals surface area contributed by atoms with Crippen LogP contribution in [-0.4, -0.2) is 24.6 Å². The number of nitrogens with zero attached hydrogens (tertiary/aromatic N) is 4. The number of aromatic nitrogens is 5. The van der Waals surface area contributed by atoms with E-state index in [4.69, 9.17) is 5.73 Å². The van der Waals surface area contributed by atoms with Crippen LogP contribution in [0.1, 0.15) is 25.1 Å². The Balaban J connectivity index is 1.81. The average Bonchev–Trinajstić information content (AvgIpc) is 3.01. The molecule has 0 atom stereocenters. The Hall–Kier alpha value is -1.73. The van der Waals surface area contributed by atoms with Gasteiger partial charge in [0.2, 0.25) is 0 Å². The van der Waals surface area contributed by atoms with Crippen molar-refractivity contribution in [3.8, 4) is 11.5 Å². The Kier molecular flexibility index (Phi) is 2.49. The Morgan fingerprint density at radius 2 is 2.15 bits per heavy atom. The molecule has 0 radical (unpaired) electrons. The van der Waals surface area contributed by atoms with E-state index in [9.17, 15) is 0 Å². The Morgan fingerprint density at radius 3 is 2.90 bits per heavy atom. The van der Waals surface area contributed by atoms with Gasteiger partial charge in [-0.25, -0.2) is 4.98 Å². The number of halogens is 1. The summed E-state index contributed by atoms with van der Waals surface area (Å²) in [5.74, 6) is 1.58. The number of H-pyrrole nitrogens is 1. The lowest BCUT2D eigenvalue weighted by molar-refractivity contribution is 0.240. The molecule has 102 valence electrons. The summed E-state index contributed by atoms with van der Waals surface area (Å²) in [6.07, 6.45) is 6.83. The highest BCUT2D eigenvalue weighted by Gasteiger charge is 2.37. The average molecular weight is 333 g/mol. The normalized spacial score (nSPS) is 17.3. The molecule has 0 aliphatic heterocycles. The maximum absolute atomic E-state index is 6.28. The summed E-state index contributed by atoms with van der Waals surface area (Å²) in [6.45, 7) is 0. The molecule has 0 saturated heterocycles. The fourth-order valence-corrected chi connectivity index (χ4v) is 2.87. The molecule has 0 amide bonds. The maximum atomic E-state index is 6.28. The van der Waals surface area contributed by atoms with Gasteiger partial charge in [0.05, 0.1) is 11.7 Å². The fourth-order valence-electron chi connectivity index (χ4n) is 2.53. The molecule has 1 saturated carbocycles. The molecule has 20 heavy (non-hydrogen) atoms. The van der Waals surface area contributed by atoms with Crippen molar-refractivity contribution in [3.05, 3.63) is 34.8 Å². The van der Waals surface area contributed by atoms with E-state index >= 15 is 0 Å². The number of aromatic amines is 1. The first kappa shape index (κ1) is 12.0. The summed E-state index contributed by atoms with van der Waals surface area (Å²) in [5.41, 5.74) is 7.62. The standard InChI is InChI=1S/C13H13BrN6/c14-8-2-3-10-18-19-11(20(10)7-8)9-6-16-12(17-9)13(15)4-1-5-13/h2-3,6-7H,1,4-5,15H2,(H,16,17). The second-order valence-corrected chi connectivity index (χ2v) is 6.17. The first-order valence-electron chi connectivity index (χ1n) is 6.51. The highest BCUT2D eigenvalue weighted by Crippen LogP contribution is 2.37. The smallest absolute Gasteiger partial charge is 0.186 e. The highest BCUT2D eigenvalue weighted by atomic mass is 79.9. The van der Waals surface area contributed by atoms with Crippen LogP contribution in [-0.2, 0) is 5.54 Å². The van der Waals surface area contributed by atoms with Crippen molar-refractivity contribution < 1.29 is 0 Å². The van der Waals surface area contributed by atoms with E-state index in [1.165, 1.54) is 0 Å². The zero-order valence-corrected chi connectivity index (χ0v) is 12.3. The summed E-state index contributed by atoms with van der Waals surface area (Å²) in [7, 11) is 0. The van der Waals surface area contributed by atoms with Crippen LogP contribution >= 0.6 is 15.9 Å². The fraction of sp³-hybridized carbons (Fsp3) is 0.308. The molecule has 1 aliphatic rings. The Morgan fingerprint density at radius 1 is 1.30 bits per heavy atom. The van der Waals surface area contributed by atoms with Gasteiger partial charge < -0.3 is 10.7 Å². The highest BCUT2D eigenvalue weighted by molar-refractivity contribution is 9.10. The molecule has 3 aromatic rings. The molecule has 1 aliphatic carbocycles. The molecule has 3 aromatic heterocycles. The van der Waals surface area contributed by atoms with Gasteiger partial charge in [0.15, 0.2) is 11.5 Å². The van der Waals surface area contributed by atoms with Gasteiger partial charge in [-0.3, -0.25) is 4.40 Å². The number of pyridine rings is 1. The SMILES string of the molecule is NC1(c2ncc(-c3nnc4ccc(Br)cn34)[nH]2)CCC1. The topological polar surface area (TPSA) is 84.9 Å². The van der Waals surface area contributed by atoms with Gasteiger partial charge in [-0.1, -0.05) is 0 Å². The number of hydrogen-bond acceptors (Lipinski definition) is 4. The number of nitrogens with two attached hydrogens (primary N) is 1. The predicted molar refractivity (Wildman–Crippen MR) is 78.0 cm³/mol. The zero-order valence-electron chi connectivity index (χ0n) is 10.7. The van der Waals surface area contributed by atoms with E-state index in [-0.39, 0.29) is 5.54 Å². The molecule has 0 bridgehead atoms. The minimum atomic E-state index is -0.292. The number of hydrogen-bond donors (Lipinski definition) is 2. The molecule has 6 nitrogen and oxygen atoms in total. The third-order valence-corrected chi connectivity index (χ3v) is 4.37. The van der Waals surface area contributed by atoms with Gasteiger partial charge in [0.1, 0.15) is 11.5 Å². The van der Waals surface area contributed by atoms with E-state index in [1.807, 2.05) is 22.7 Å². The van der Waals surface area contributed by atoms with Crippen molar-refractivity contribution >= 4 is 21.6 Å². The van der Waals surface area contributed by atoms with Crippen LogP contribution in [0.25, 0.3) is 17.2 Å². The van der Waals surface area contributed by atoms with E-state index < -0.39 is 0 Å². The number of rotatable bonds is 2. The predicted octanol–water partition coefficient (Wildman–Crippen LogP) is 2.22. The lowest BCUT2D eigenvalue weighted by Crippen LogP contribution is -2.44. The van der Waals surface area contributed by atoms with Crippen molar-refractivity contribution in [3.63, 3.8) is 0 Å². The number of fused-ring (bicyclic) bond motifs is 1. The molecule has 1 fully saturated rings. The molecule has 7 heteroatoms. The molecular formula is C13H13BrN6. The Bertz CT molecular complexity index is 785. The summed E-state index contributed by atoms with van der Waals surface area (Å²) in [5, 5.41) is 8.38. The van der Waals surface area contributed by atoms with Crippen LogP contribution in [0.2, 0.25) is 0 Å². The molecule has 0 aromatic carbocycles. The second kappa shape index (κ2) is 4.13. The lowest BCUT2D eigenvalue weighted by atomic mass is 9.77. The molecule has 3 N–H and O–H groups in total. The van der Waals surface area contributed by atoms with Crippen LogP contribution < -0.4 is 5.73 Å². The third kappa shape index (κ3) is 1.70. The largest absolute Gasteiger partial charge is 0.338 e. The van der Waals surface area contributed by atoms with Gasteiger partial charge in [-0.2, -0.15) is 0 Å². The van der Waals surface area contributed by atoms with Crippen LogP contribution in [0.15, 0.2) is 29.0 Å². The van der Waals surface area contributed by atoms with Crippen molar-refractivity contribution in [2.24, 2.45) is 5.73 Å². The van der Waals surface area contributed by atoms with Crippen LogP contribution in [0.5, 0.6) is 0 Å². The second-order valence-electron chi connectivity index (χ2n) is 5.25. The van der Waals surface area contributed by atoms with Crippen molar-refractivity contribution in [1.29, 1.82) is 0 Å². The summed E-state index contributed by atoms with van der Waals surface area (Å²) >= 11 is 3.46. The first-order valence-corrected chi connectivity index (χ1v) is 7.30. The van der Waals surface area contributed by atoms with Crippen LogP contribution in [0.3, 0.4) is 0 Å².